The molecule has 1 saturated carbocycles. The van der Waals surface area contributed by atoms with Gasteiger partial charge in [0.2, 0.25) is 0 Å². The summed E-state index contributed by atoms with van der Waals surface area (Å²) in [6, 6.07) is 9.79. The average Bonchev–Trinajstić information content (AvgIpc) is 3.21. The van der Waals surface area contributed by atoms with Gasteiger partial charge in [0, 0.05) is 17.1 Å². The van der Waals surface area contributed by atoms with Gasteiger partial charge in [0.1, 0.15) is 5.54 Å². The molecule has 1 amide bonds. The fourth-order valence-electron chi connectivity index (χ4n) is 2.98. The van der Waals surface area contributed by atoms with Crippen molar-refractivity contribution in [1.29, 1.82) is 0 Å². The molecule has 1 aromatic carbocycles. The van der Waals surface area contributed by atoms with Gasteiger partial charge in [-0.3, -0.25) is 4.79 Å². The molecule has 5 nitrogen and oxygen atoms in total. The topological polar surface area (TPSA) is 71.3 Å². The summed E-state index contributed by atoms with van der Waals surface area (Å²) >= 11 is 0. The molecule has 2 N–H and O–H groups in total. The van der Waals surface area contributed by atoms with Crippen LogP contribution >= 0.6 is 0 Å². The van der Waals surface area contributed by atoms with Crippen LogP contribution in [-0.4, -0.2) is 27.1 Å². The van der Waals surface area contributed by atoms with Gasteiger partial charge >= 0.3 is 5.97 Å². The number of hydrogen-bond donors (Lipinski definition) is 2. The van der Waals surface area contributed by atoms with Gasteiger partial charge in [0.25, 0.3) is 5.91 Å². The number of aliphatic carboxylic acids is 1. The second-order valence-corrected chi connectivity index (χ2v) is 6.25. The van der Waals surface area contributed by atoms with Crippen LogP contribution in [0.25, 0.3) is 5.69 Å². The highest BCUT2D eigenvalue weighted by Crippen LogP contribution is 2.36. The molecule has 23 heavy (non-hydrogen) atoms. The van der Waals surface area contributed by atoms with Crippen molar-refractivity contribution in [1.82, 2.24) is 9.88 Å². The quantitative estimate of drug-likeness (QED) is 0.912. The van der Waals surface area contributed by atoms with Crippen LogP contribution in [0.15, 0.2) is 30.3 Å². The summed E-state index contributed by atoms with van der Waals surface area (Å²) in [5.74, 6) is -1.28. The van der Waals surface area contributed by atoms with Crippen LogP contribution in [-0.2, 0) is 4.79 Å². The van der Waals surface area contributed by atoms with E-state index in [0.717, 1.165) is 22.6 Å². The number of carboxylic acids is 1. The fraction of sp³-hybridized carbons (Fsp3) is 0.333. The Kier molecular flexibility index (Phi) is 3.51. The SMILES string of the molecule is Cc1ccccc1-n1c(C)cc(C(=O)NC2(C(=O)O)CC2)c1C. The Balaban J connectivity index is 1.97. The molecule has 1 heterocycles. The number of carbonyl (C=O) groups is 2. The Bertz CT molecular complexity index is 801. The third-order valence-corrected chi connectivity index (χ3v) is 4.54. The zero-order valence-electron chi connectivity index (χ0n) is 13.5. The minimum atomic E-state index is -1.07. The Hall–Kier alpha value is -2.56. The van der Waals surface area contributed by atoms with Crippen molar-refractivity contribution >= 4 is 11.9 Å². The maximum Gasteiger partial charge on any atom is 0.329 e. The van der Waals surface area contributed by atoms with Crippen LogP contribution in [0.2, 0.25) is 0 Å². The van der Waals surface area contributed by atoms with Crippen LogP contribution in [0.5, 0.6) is 0 Å². The van der Waals surface area contributed by atoms with E-state index in [4.69, 9.17) is 0 Å². The molecule has 0 radical (unpaired) electrons. The molecule has 0 saturated heterocycles. The molecule has 5 heteroatoms. The van der Waals surface area contributed by atoms with Crippen molar-refractivity contribution in [2.24, 2.45) is 0 Å². The summed E-state index contributed by atoms with van der Waals surface area (Å²) in [4.78, 5) is 23.8. The number of nitrogens with one attached hydrogen (secondary N) is 1. The average molecular weight is 312 g/mol. The lowest BCUT2D eigenvalue weighted by Crippen LogP contribution is -2.43. The van der Waals surface area contributed by atoms with E-state index < -0.39 is 11.5 Å². The molecule has 1 fully saturated rings. The number of rotatable bonds is 4. The predicted octanol–water partition coefficient (Wildman–Crippen LogP) is 2.75. The molecule has 3 rings (SSSR count). The van der Waals surface area contributed by atoms with Gasteiger partial charge in [-0.15, -0.1) is 0 Å². The number of carboxylic acid groups (broad SMARTS) is 1. The third-order valence-electron chi connectivity index (χ3n) is 4.54. The highest BCUT2D eigenvalue weighted by Gasteiger charge is 2.51. The Labute approximate surface area is 134 Å². The van der Waals surface area contributed by atoms with Crippen LogP contribution in [0.4, 0.5) is 0 Å². The van der Waals surface area contributed by atoms with Gasteiger partial charge in [-0.05, 0) is 51.3 Å². The molecule has 0 bridgehead atoms. The van der Waals surface area contributed by atoms with Crippen molar-refractivity contribution in [3.63, 3.8) is 0 Å². The van der Waals surface area contributed by atoms with E-state index in [1.807, 2.05) is 55.7 Å². The first-order valence-corrected chi connectivity index (χ1v) is 7.66. The Morgan fingerprint density at radius 3 is 2.39 bits per heavy atom. The highest BCUT2D eigenvalue weighted by atomic mass is 16.4. The summed E-state index contributed by atoms with van der Waals surface area (Å²) in [5, 5.41) is 11.9. The molecule has 1 aromatic heterocycles. The molecule has 0 spiro atoms. The predicted molar refractivity (Wildman–Crippen MR) is 87.0 cm³/mol. The first kappa shape index (κ1) is 15.3. The molecule has 0 atom stereocenters. The first-order chi connectivity index (χ1) is 10.9. The van der Waals surface area contributed by atoms with E-state index in [-0.39, 0.29) is 5.91 Å². The summed E-state index contributed by atoms with van der Waals surface area (Å²) < 4.78 is 2.03. The maximum absolute atomic E-state index is 12.5. The minimum Gasteiger partial charge on any atom is -0.480 e. The largest absolute Gasteiger partial charge is 0.480 e. The number of aryl methyl sites for hydroxylation is 2. The van der Waals surface area contributed by atoms with Gasteiger partial charge in [-0.25, -0.2) is 4.79 Å². The lowest BCUT2D eigenvalue weighted by molar-refractivity contribution is -0.140. The smallest absolute Gasteiger partial charge is 0.329 e. The number of para-hydroxylation sites is 1. The van der Waals surface area contributed by atoms with E-state index in [1.54, 1.807) is 0 Å². The van der Waals surface area contributed by atoms with Crippen molar-refractivity contribution < 1.29 is 14.7 Å². The molecule has 1 aliphatic rings. The van der Waals surface area contributed by atoms with Crippen molar-refractivity contribution in [3.8, 4) is 5.69 Å². The van der Waals surface area contributed by atoms with E-state index in [0.29, 0.717) is 18.4 Å². The molecule has 2 aromatic rings. The van der Waals surface area contributed by atoms with Crippen molar-refractivity contribution in [3.05, 3.63) is 52.8 Å². The normalized spacial score (nSPS) is 15.3. The van der Waals surface area contributed by atoms with Gasteiger partial charge < -0.3 is 15.0 Å². The van der Waals surface area contributed by atoms with Gasteiger partial charge in [-0.1, -0.05) is 18.2 Å². The van der Waals surface area contributed by atoms with Gasteiger partial charge in [-0.2, -0.15) is 0 Å². The monoisotopic (exact) mass is 312 g/mol. The molecule has 0 aliphatic heterocycles. The van der Waals surface area contributed by atoms with Crippen LogP contribution in [0.1, 0.15) is 40.2 Å². The molecule has 0 unspecified atom stereocenters. The van der Waals surface area contributed by atoms with Gasteiger partial charge in [0.15, 0.2) is 0 Å². The number of benzene rings is 1. The summed E-state index contributed by atoms with van der Waals surface area (Å²) in [6.07, 6.45) is 0.981. The number of carbonyl (C=O) groups excluding carboxylic acids is 1. The molecule has 120 valence electrons. The number of aromatic nitrogens is 1. The third kappa shape index (κ3) is 2.52. The van der Waals surface area contributed by atoms with Crippen LogP contribution in [0.3, 0.4) is 0 Å². The lowest BCUT2D eigenvalue weighted by atomic mass is 10.2. The Morgan fingerprint density at radius 1 is 1.17 bits per heavy atom. The maximum atomic E-state index is 12.5. The first-order valence-electron chi connectivity index (χ1n) is 7.66. The fourth-order valence-corrected chi connectivity index (χ4v) is 2.98. The van der Waals surface area contributed by atoms with E-state index in [1.165, 1.54) is 0 Å². The van der Waals surface area contributed by atoms with Gasteiger partial charge in [0.05, 0.1) is 5.56 Å². The minimum absolute atomic E-state index is 0.321. The zero-order valence-corrected chi connectivity index (χ0v) is 13.5. The standard InChI is InChI=1S/C18H20N2O3/c1-11-6-4-5-7-15(11)20-12(2)10-14(13(20)3)16(21)19-18(8-9-18)17(22)23/h4-7,10H,8-9H2,1-3H3,(H,19,21)(H,22,23). The summed E-state index contributed by atoms with van der Waals surface area (Å²) in [7, 11) is 0. The van der Waals surface area contributed by atoms with E-state index in [9.17, 15) is 14.7 Å². The lowest BCUT2D eigenvalue weighted by Gasteiger charge is -2.14. The van der Waals surface area contributed by atoms with E-state index >= 15 is 0 Å². The Morgan fingerprint density at radius 2 is 1.83 bits per heavy atom. The van der Waals surface area contributed by atoms with Crippen LogP contribution < -0.4 is 5.32 Å². The number of hydrogen-bond acceptors (Lipinski definition) is 2. The zero-order chi connectivity index (χ0) is 16.8. The molecule has 1 aliphatic carbocycles. The van der Waals surface area contributed by atoms with E-state index in [2.05, 4.69) is 5.32 Å². The summed E-state index contributed by atoms with van der Waals surface area (Å²) in [5.41, 5.74) is 3.37. The van der Waals surface area contributed by atoms with Crippen molar-refractivity contribution in [2.45, 2.75) is 39.2 Å². The number of amides is 1. The van der Waals surface area contributed by atoms with Crippen molar-refractivity contribution in [2.75, 3.05) is 0 Å². The summed E-state index contributed by atoms with van der Waals surface area (Å²) in [6.45, 7) is 5.85. The second kappa shape index (κ2) is 5.26. The second-order valence-electron chi connectivity index (χ2n) is 6.25. The highest BCUT2D eigenvalue weighted by molar-refractivity contribution is 6.00. The number of nitrogens with zero attached hydrogens (tertiary/aromatic N) is 1. The van der Waals surface area contributed by atoms with Crippen LogP contribution in [0, 0.1) is 20.8 Å². The molecular weight excluding hydrogens is 292 g/mol. The molecular formula is C18H20N2O3.